The van der Waals surface area contributed by atoms with Crippen molar-refractivity contribution in [3.05, 3.63) is 11.6 Å². The molecule has 0 aromatic carbocycles. The summed E-state index contributed by atoms with van der Waals surface area (Å²) in [5.74, 6) is 1.01. The molecule has 0 atom stereocenters. The Labute approximate surface area is 107 Å². The highest BCUT2D eigenvalue weighted by Crippen LogP contribution is 2.15. The number of nitrogens with one attached hydrogen (secondary N) is 1. The lowest BCUT2D eigenvalue weighted by atomic mass is 10.0. The van der Waals surface area contributed by atoms with Gasteiger partial charge in [-0.25, -0.2) is 4.98 Å². The first-order valence-corrected chi connectivity index (χ1v) is 6.48. The number of carbonyl (C=O) groups excluding carboxylic acids is 1. The lowest BCUT2D eigenvalue weighted by Crippen LogP contribution is -2.44. The number of amides is 1. The number of carbonyl (C=O) groups is 1. The summed E-state index contributed by atoms with van der Waals surface area (Å²) in [4.78, 5) is 20.4. The molecule has 2 rings (SSSR count). The Morgan fingerprint density at radius 1 is 1.44 bits per heavy atom. The highest BCUT2D eigenvalue weighted by molar-refractivity contribution is 5.90. The molecular weight excluding hydrogens is 230 g/mol. The molecule has 6 nitrogen and oxygen atoms in total. The molecule has 1 aliphatic heterocycles. The number of likely N-dealkylation sites (tertiary alicyclic amines) is 1. The van der Waals surface area contributed by atoms with Crippen molar-refractivity contribution in [3.8, 4) is 0 Å². The van der Waals surface area contributed by atoms with Gasteiger partial charge >= 0.3 is 0 Å². The fourth-order valence-electron chi connectivity index (χ4n) is 2.28. The number of hydrogen-bond acceptors (Lipinski definition) is 4. The molecule has 1 fully saturated rings. The first-order valence-electron chi connectivity index (χ1n) is 6.48. The Hall–Kier alpha value is -1.43. The van der Waals surface area contributed by atoms with Gasteiger partial charge in [-0.2, -0.15) is 0 Å². The average Bonchev–Trinajstić information content (AvgIpc) is 2.86. The van der Waals surface area contributed by atoms with Crippen LogP contribution in [0.2, 0.25) is 0 Å². The van der Waals surface area contributed by atoms with Gasteiger partial charge in [0.05, 0.1) is 0 Å². The number of aromatic amines is 1. The molecule has 2 heterocycles. The third-order valence-corrected chi connectivity index (χ3v) is 3.54. The minimum atomic E-state index is -0.0526. The quantitative estimate of drug-likeness (QED) is 0.851. The molecule has 1 aromatic rings. The second-order valence-corrected chi connectivity index (χ2v) is 4.95. The van der Waals surface area contributed by atoms with Crippen molar-refractivity contribution in [3.63, 3.8) is 0 Å². The zero-order chi connectivity index (χ0) is 13.1. The summed E-state index contributed by atoms with van der Waals surface area (Å²) < 4.78 is 0. The standard InChI is InChI=1S/C12H21N5O/c1-4-10-13-11(15-14-10)12(18)17-7-5-9(6-8-17)16(2)3/h9H,4-8H2,1-3H3,(H,13,14,15). The average molecular weight is 251 g/mol. The maximum atomic E-state index is 12.2. The van der Waals surface area contributed by atoms with Gasteiger partial charge in [0.25, 0.3) is 5.91 Å². The van der Waals surface area contributed by atoms with E-state index in [1.54, 1.807) is 0 Å². The Morgan fingerprint density at radius 2 is 2.11 bits per heavy atom. The molecule has 18 heavy (non-hydrogen) atoms. The summed E-state index contributed by atoms with van der Waals surface area (Å²) >= 11 is 0. The Bertz CT molecular complexity index is 406. The monoisotopic (exact) mass is 251 g/mol. The van der Waals surface area contributed by atoms with Gasteiger partial charge in [-0.05, 0) is 26.9 Å². The van der Waals surface area contributed by atoms with Crippen LogP contribution >= 0.6 is 0 Å². The van der Waals surface area contributed by atoms with Crippen LogP contribution in [0.3, 0.4) is 0 Å². The molecule has 1 saturated heterocycles. The van der Waals surface area contributed by atoms with Crippen LogP contribution in [0, 0.1) is 0 Å². The Kier molecular flexibility index (Phi) is 3.96. The molecule has 0 bridgehead atoms. The molecule has 100 valence electrons. The van der Waals surface area contributed by atoms with Crippen molar-refractivity contribution < 1.29 is 4.79 Å². The van der Waals surface area contributed by atoms with Crippen molar-refractivity contribution in [1.82, 2.24) is 25.0 Å². The normalized spacial score (nSPS) is 17.4. The van der Waals surface area contributed by atoms with Crippen LogP contribution < -0.4 is 0 Å². The predicted molar refractivity (Wildman–Crippen MR) is 68.4 cm³/mol. The van der Waals surface area contributed by atoms with Gasteiger partial charge in [-0.3, -0.25) is 9.89 Å². The fourth-order valence-corrected chi connectivity index (χ4v) is 2.28. The van der Waals surface area contributed by atoms with Gasteiger partial charge in [0.1, 0.15) is 5.82 Å². The van der Waals surface area contributed by atoms with E-state index in [9.17, 15) is 4.79 Å². The fraction of sp³-hybridized carbons (Fsp3) is 0.750. The summed E-state index contributed by atoms with van der Waals surface area (Å²) in [5.41, 5.74) is 0. The maximum Gasteiger partial charge on any atom is 0.293 e. The number of hydrogen-bond donors (Lipinski definition) is 1. The second kappa shape index (κ2) is 5.48. The molecule has 0 radical (unpaired) electrons. The third kappa shape index (κ3) is 2.69. The van der Waals surface area contributed by atoms with Gasteiger partial charge in [-0.15, -0.1) is 5.10 Å². The van der Waals surface area contributed by atoms with E-state index in [1.807, 2.05) is 11.8 Å². The number of piperidine rings is 1. The van der Waals surface area contributed by atoms with Crippen molar-refractivity contribution in [2.45, 2.75) is 32.2 Å². The smallest absolute Gasteiger partial charge is 0.293 e. The van der Waals surface area contributed by atoms with Gasteiger partial charge in [0.15, 0.2) is 0 Å². The molecule has 0 saturated carbocycles. The summed E-state index contributed by atoms with van der Waals surface area (Å²) in [5, 5.41) is 6.76. The summed E-state index contributed by atoms with van der Waals surface area (Å²) in [6.45, 7) is 3.56. The SMILES string of the molecule is CCc1nc(C(=O)N2CCC(N(C)C)CC2)n[nH]1. The Balaban J connectivity index is 1.95. The van der Waals surface area contributed by atoms with E-state index in [0.29, 0.717) is 11.9 Å². The van der Waals surface area contributed by atoms with Crippen molar-refractivity contribution in [1.29, 1.82) is 0 Å². The molecule has 0 aliphatic carbocycles. The van der Waals surface area contributed by atoms with E-state index in [-0.39, 0.29) is 5.91 Å². The topological polar surface area (TPSA) is 65.1 Å². The highest BCUT2D eigenvalue weighted by Gasteiger charge is 2.26. The minimum Gasteiger partial charge on any atom is -0.336 e. The van der Waals surface area contributed by atoms with Gasteiger partial charge < -0.3 is 9.80 Å². The van der Waals surface area contributed by atoms with E-state index >= 15 is 0 Å². The molecule has 1 N–H and O–H groups in total. The molecule has 1 aromatic heterocycles. The number of aryl methyl sites for hydroxylation is 1. The van der Waals surface area contributed by atoms with Crippen LogP contribution in [0.5, 0.6) is 0 Å². The lowest BCUT2D eigenvalue weighted by molar-refractivity contribution is 0.0651. The molecule has 1 amide bonds. The first kappa shape index (κ1) is 13.0. The van der Waals surface area contributed by atoms with Crippen molar-refractivity contribution >= 4 is 5.91 Å². The second-order valence-electron chi connectivity index (χ2n) is 4.95. The van der Waals surface area contributed by atoms with Crippen LogP contribution in [-0.4, -0.2) is 64.1 Å². The van der Waals surface area contributed by atoms with Crippen LogP contribution in [-0.2, 0) is 6.42 Å². The first-order chi connectivity index (χ1) is 8.61. The van der Waals surface area contributed by atoms with Crippen LogP contribution in [0.1, 0.15) is 36.2 Å². The van der Waals surface area contributed by atoms with Gasteiger partial charge in [0, 0.05) is 25.6 Å². The largest absolute Gasteiger partial charge is 0.336 e. The number of rotatable bonds is 3. The molecular formula is C12H21N5O. The lowest BCUT2D eigenvalue weighted by Gasteiger charge is -2.34. The van der Waals surface area contributed by atoms with Gasteiger partial charge in [-0.1, -0.05) is 6.92 Å². The van der Waals surface area contributed by atoms with E-state index in [0.717, 1.165) is 38.2 Å². The van der Waals surface area contributed by atoms with Crippen LogP contribution in [0.15, 0.2) is 0 Å². The van der Waals surface area contributed by atoms with Crippen LogP contribution in [0.4, 0.5) is 0 Å². The maximum absolute atomic E-state index is 12.2. The number of nitrogens with zero attached hydrogens (tertiary/aromatic N) is 4. The predicted octanol–water partition coefficient (Wildman–Crippen LogP) is 0.533. The van der Waals surface area contributed by atoms with E-state index in [4.69, 9.17) is 0 Å². The van der Waals surface area contributed by atoms with Gasteiger partial charge in [0.2, 0.25) is 5.82 Å². The van der Waals surface area contributed by atoms with Crippen molar-refractivity contribution in [2.24, 2.45) is 0 Å². The molecule has 1 aliphatic rings. The number of aromatic nitrogens is 3. The molecule has 0 spiro atoms. The Morgan fingerprint density at radius 3 is 2.61 bits per heavy atom. The van der Waals surface area contributed by atoms with E-state index in [1.165, 1.54) is 0 Å². The number of H-pyrrole nitrogens is 1. The summed E-state index contributed by atoms with van der Waals surface area (Å²) in [6, 6.07) is 0.576. The molecule has 6 heteroatoms. The minimum absolute atomic E-state index is 0.0526. The summed E-state index contributed by atoms with van der Waals surface area (Å²) in [6.07, 6.45) is 2.80. The third-order valence-electron chi connectivity index (χ3n) is 3.54. The zero-order valence-corrected chi connectivity index (χ0v) is 11.3. The van der Waals surface area contributed by atoms with E-state index in [2.05, 4.69) is 34.2 Å². The summed E-state index contributed by atoms with van der Waals surface area (Å²) in [7, 11) is 4.18. The highest BCUT2D eigenvalue weighted by atomic mass is 16.2. The van der Waals surface area contributed by atoms with Crippen LogP contribution in [0.25, 0.3) is 0 Å². The van der Waals surface area contributed by atoms with Crippen molar-refractivity contribution in [2.75, 3.05) is 27.2 Å². The zero-order valence-electron chi connectivity index (χ0n) is 11.3. The van der Waals surface area contributed by atoms with E-state index < -0.39 is 0 Å². The molecule has 0 unspecified atom stereocenters.